The maximum Gasteiger partial charge on any atom is 0.238 e. The van der Waals surface area contributed by atoms with Crippen molar-refractivity contribution in [2.75, 3.05) is 12.4 Å². The number of amides is 1. The van der Waals surface area contributed by atoms with E-state index in [1.54, 1.807) is 27.7 Å². The van der Waals surface area contributed by atoms with Gasteiger partial charge in [-0.25, -0.2) is 13.8 Å². The number of benzene rings is 1. The lowest BCUT2D eigenvalue weighted by Gasteiger charge is -2.25. The molecule has 1 aromatic carbocycles. The number of ether oxygens (including phenoxy) is 1. The molecule has 0 radical (unpaired) electrons. The molecule has 0 fully saturated rings. The zero-order valence-electron chi connectivity index (χ0n) is 17.0. The minimum Gasteiger partial charge on any atom is -0.479 e. The van der Waals surface area contributed by atoms with Crippen LogP contribution in [0.3, 0.4) is 0 Å². The molecule has 1 amide bonds. The van der Waals surface area contributed by atoms with E-state index in [0.717, 1.165) is 12.1 Å². The van der Waals surface area contributed by atoms with Crippen LogP contribution >= 0.6 is 0 Å². The van der Waals surface area contributed by atoms with Gasteiger partial charge in [0.05, 0.1) is 12.7 Å². The minimum absolute atomic E-state index is 0.0677. The van der Waals surface area contributed by atoms with E-state index >= 15 is 0 Å². The largest absolute Gasteiger partial charge is 0.479 e. The van der Waals surface area contributed by atoms with Crippen molar-refractivity contribution in [3.05, 3.63) is 52.2 Å². The van der Waals surface area contributed by atoms with Gasteiger partial charge in [-0.15, -0.1) is 0 Å². The number of aliphatic hydroxyl groups excluding tert-OH is 1. The minimum atomic E-state index is -1.65. The lowest BCUT2D eigenvalue weighted by atomic mass is 9.91. The summed E-state index contributed by atoms with van der Waals surface area (Å²) in [6.45, 7) is 8.72. The zero-order valence-corrected chi connectivity index (χ0v) is 17.0. The van der Waals surface area contributed by atoms with Gasteiger partial charge in [-0.3, -0.25) is 4.79 Å². The predicted octanol–water partition coefficient (Wildman–Crippen LogP) is 4.31. The zero-order chi connectivity index (χ0) is 21.2. The van der Waals surface area contributed by atoms with Crippen LogP contribution in [0.15, 0.2) is 18.2 Å². The Labute approximate surface area is 163 Å². The van der Waals surface area contributed by atoms with E-state index in [1.165, 1.54) is 13.2 Å². The third-order valence-electron chi connectivity index (χ3n) is 4.53. The van der Waals surface area contributed by atoms with Crippen LogP contribution in [-0.2, 0) is 11.2 Å². The van der Waals surface area contributed by atoms with Crippen molar-refractivity contribution in [2.24, 2.45) is 5.41 Å². The molecule has 1 atom stereocenters. The molecule has 0 bridgehead atoms. The first-order valence-electron chi connectivity index (χ1n) is 9.03. The van der Waals surface area contributed by atoms with E-state index in [0.29, 0.717) is 17.7 Å². The molecular weight excluding hydrogens is 366 g/mol. The first kappa shape index (κ1) is 21.8. The van der Waals surface area contributed by atoms with Gasteiger partial charge in [-0.05, 0) is 31.0 Å². The number of aromatic nitrogens is 1. The van der Waals surface area contributed by atoms with Gasteiger partial charge in [0, 0.05) is 16.7 Å². The van der Waals surface area contributed by atoms with E-state index in [4.69, 9.17) is 4.74 Å². The van der Waals surface area contributed by atoms with Gasteiger partial charge >= 0.3 is 0 Å². The highest BCUT2D eigenvalue weighted by Crippen LogP contribution is 2.40. The fourth-order valence-electron chi connectivity index (χ4n) is 2.97. The molecule has 0 aliphatic carbocycles. The van der Waals surface area contributed by atoms with Crippen molar-refractivity contribution in [2.45, 2.75) is 47.1 Å². The van der Waals surface area contributed by atoms with Crippen LogP contribution in [0.4, 0.5) is 14.5 Å². The normalized spacial score (nSPS) is 12.6. The second-order valence-corrected chi connectivity index (χ2v) is 7.57. The highest BCUT2D eigenvalue weighted by molar-refractivity contribution is 5.96. The fraction of sp³-hybridized carbons (Fsp3) is 0.429. The van der Waals surface area contributed by atoms with E-state index < -0.39 is 28.7 Å². The lowest BCUT2D eigenvalue weighted by Crippen LogP contribution is -2.29. The van der Waals surface area contributed by atoms with Gasteiger partial charge in [0.15, 0.2) is 0 Å². The Bertz CT molecular complexity index is 872. The van der Waals surface area contributed by atoms with E-state index in [1.807, 2.05) is 6.92 Å². The van der Waals surface area contributed by atoms with Crippen molar-refractivity contribution >= 4 is 11.6 Å². The summed E-state index contributed by atoms with van der Waals surface area (Å²) in [6, 6.07) is 3.38. The number of anilines is 1. The van der Waals surface area contributed by atoms with Gasteiger partial charge in [0.2, 0.25) is 11.8 Å². The standard InChI is InChI=1S/C21H26F2N2O3/c1-7-12-11(2)24-19(28-6)17(25-20(27)21(3,4)5)15(12)18(26)16-13(22)9-8-10-14(16)23/h8-10,18,26H,7H2,1-6H3,(H,25,27). The Hall–Kier alpha value is -2.54. The number of nitrogens with zero attached hydrogens (tertiary/aromatic N) is 1. The summed E-state index contributed by atoms with van der Waals surface area (Å²) >= 11 is 0. The number of aryl methyl sites for hydroxylation is 1. The van der Waals surface area contributed by atoms with Crippen LogP contribution < -0.4 is 10.1 Å². The number of aliphatic hydroxyl groups is 1. The molecule has 152 valence electrons. The van der Waals surface area contributed by atoms with Crippen LogP contribution in [0.1, 0.15) is 56.2 Å². The SMILES string of the molecule is CCc1c(C)nc(OC)c(NC(=O)C(C)(C)C)c1C(O)c1c(F)cccc1F. The third kappa shape index (κ3) is 4.14. The summed E-state index contributed by atoms with van der Waals surface area (Å²) in [7, 11) is 1.37. The summed E-state index contributed by atoms with van der Waals surface area (Å²) in [4.78, 5) is 17.0. The smallest absolute Gasteiger partial charge is 0.238 e. The number of carbonyl (C=O) groups excluding carboxylic acids is 1. The maximum absolute atomic E-state index is 14.4. The first-order valence-corrected chi connectivity index (χ1v) is 9.03. The molecule has 1 heterocycles. The van der Waals surface area contributed by atoms with Crippen LogP contribution in [0.2, 0.25) is 0 Å². The van der Waals surface area contributed by atoms with E-state index in [-0.39, 0.29) is 23.0 Å². The molecule has 0 saturated carbocycles. The predicted molar refractivity (Wildman–Crippen MR) is 103 cm³/mol. The second-order valence-electron chi connectivity index (χ2n) is 7.57. The van der Waals surface area contributed by atoms with Crippen molar-refractivity contribution in [1.82, 2.24) is 4.98 Å². The maximum atomic E-state index is 14.4. The molecule has 0 saturated heterocycles. The summed E-state index contributed by atoms with van der Waals surface area (Å²) in [5.41, 5.74) is 0.178. The molecule has 1 aromatic heterocycles. The molecule has 0 aliphatic heterocycles. The summed E-state index contributed by atoms with van der Waals surface area (Å²) in [6.07, 6.45) is -1.22. The molecule has 2 rings (SSSR count). The molecule has 5 nitrogen and oxygen atoms in total. The van der Waals surface area contributed by atoms with E-state index in [2.05, 4.69) is 10.3 Å². The molecule has 2 N–H and O–H groups in total. The number of nitrogens with one attached hydrogen (secondary N) is 1. The molecule has 2 aromatic rings. The van der Waals surface area contributed by atoms with Gasteiger partial charge in [0.25, 0.3) is 0 Å². The highest BCUT2D eigenvalue weighted by atomic mass is 19.1. The van der Waals surface area contributed by atoms with Crippen molar-refractivity contribution in [3.8, 4) is 5.88 Å². The van der Waals surface area contributed by atoms with Crippen molar-refractivity contribution in [1.29, 1.82) is 0 Å². The average molecular weight is 392 g/mol. The Morgan fingerprint density at radius 1 is 1.25 bits per heavy atom. The van der Waals surface area contributed by atoms with Gasteiger partial charge in [0.1, 0.15) is 23.4 Å². The second kappa shape index (κ2) is 8.22. The first-order chi connectivity index (χ1) is 13.0. The Morgan fingerprint density at radius 3 is 2.29 bits per heavy atom. The van der Waals surface area contributed by atoms with Crippen LogP contribution in [0.25, 0.3) is 0 Å². The highest BCUT2D eigenvalue weighted by Gasteiger charge is 2.31. The number of pyridine rings is 1. The van der Waals surface area contributed by atoms with Gasteiger partial charge < -0.3 is 15.2 Å². The third-order valence-corrected chi connectivity index (χ3v) is 4.53. The molecule has 0 spiro atoms. The summed E-state index contributed by atoms with van der Waals surface area (Å²) < 4.78 is 34.0. The van der Waals surface area contributed by atoms with Crippen LogP contribution in [0.5, 0.6) is 5.88 Å². The van der Waals surface area contributed by atoms with Gasteiger partial charge in [-0.1, -0.05) is 33.8 Å². The average Bonchev–Trinajstić information content (AvgIpc) is 2.61. The summed E-state index contributed by atoms with van der Waals surface area (Å²) in [5.74, 6) is -2.04. The van der Waals surface area contributed by atoms with Crippen LogP contribution in [-0.4, -0.2) is 23.1 Å². The van der Waals surface area contributed by atoms with E-state index in [9.17, 15) is 18.7 Å². The molecule has 1 unspecified atom stereocenters. The van der Waals surface area contributed by atoms with Crippen LogP contribution in [0, 0.1) is 24.0 Å². The molecule has 28 heavy (non-hydrogen) atoms. The number of methoxy groups -OCH3 is 1. The Balaban J connectivity index is 2.79. The fourth-order valence-corrected chi connectivity index (χ4v) is 2.97. The summed E-state index contributed by atoms with van der Waals surface area (Å²) in [5, 5.41) is 13.7. The lowest BCUT2D eigenvalue weighted by molar-refractivity contribution is -0.123. The molecule has 7 heteroatoms. The van der Waals surface area contributed by atoms with Crippen molar-refractivity contribution < 1.29 is 23.4 Å². The van der Waals surface area contributed by atoms with Crippen molar-refractivity contribution in [3.63, 3.8) is 0 Å². The number of halogens is 2. The Kier molecular flexibility index (Phi) is 6.39. The number of hydrogen-bond acceptors (Lipinski definition) is 4. The number of hydrogen-bond donors (Lipinski definition) is 2. The quantitative estimate of drug-likeness (QED) is 0.796. The Morgan fingerprint density at radius 2 is 1.82 bits per heavy atom. The number of rotatable bonds is 5. The molecule has 0 aliphatic rings. The monoisotopic (exact) mass is 392 g/mol. The number of carbonyl (C=O) groups is 1. The van der Waals surface area contributed by atoms with Gasteiger partial charge in [-0.2, -0.15) is 0 Å². The molecular formula is C21H26F2N2O3. The topological polar surface area (TPSA) is 71.5 Å².